The van der Waals surface area contributed by atoms with Crippen molar-refractivity contribution in [3.05, 3.63) is 82.4 Å². The first-order valence-electron chi connectivity index (χ1n) is 11.6. The molecule has 0 aliphatic carbocycles. The number of halogens is 1. The first-order chi connectivity index (χ1) is 17.1. The van der Waals surface area contributed by atoms with Crippen molar-refractivity contribution in [1.29, 1.82) is 0 Å². The van der Waals surface area contributed by atoms with Crippen molar-refractivity contribution in [3.8, 4) is 11.5 Å². The summed E-state index contributed by atoms with van der Waals surface area (Å²) in [5.74, 6) is 0.00363. The number of carboxylic acid groups (broad SMARTS) is 1. The molecule has 1 aliphatic heterocycles. The number of anilines is 2. The van der Waals surface area contributed by atoms with E-state index in [0.29, 0.717) is 30.2 Å². The van der Waals surface area contributed by atoms with Crippen molar-refractivity contribution in [1.82, 2.24) is 0 Å². The first kappa shape index (κ1) is 25.4. The van der Waals surface area contributed by atoms with Gasteiger partial charge < -0.3 is 24.8 Å². The molecule has 0 radical (unpaired) electrons. The molecule has 0 saturated carbocycles. The third-order valence-corrected chi connectivity index (χ3v) is 6.68. The standard InChI is InChI=1S/C28H29ClN2O5/c1-17-9-10-18(13-22(17)28(2,3)27(33)34)30-26(32)21-12-11-19(14-23(21)29)35-16-20-15-31(4)24-7-5-6-8-25(24)36-20/h5-14,20H,15-16H2,1-4H3,(H,30,32)(H,33,34)/t20-/m0/s1. The second kappa shape index (κ2) is 10.1. The predicted octanol–water partition coefficient (Wildman–Crippen LogP) is 5.54. The Labute approximate surface area is 215 Å². The fraction of sp³-hybridized carbons (Fsp3) is 0.286. The fourth-order valence-electron chi connectivity index (χ4n) is 4.23. The highest BCUT2D eigenvalue weighted by molar-refractivity contribution is 6.34. The van der Waals surface area contributed by atoms with E-state index in [1.165, 1.54) is 0 Å². The fourth-order valence-corrected chi connectivity index (χ4v) is 4.48. The minimum Gasteiger partial charge on any atom is -0.490 e. The molecule has 1 aliphatic rings. The van der Waals surface area contributed by atoms with Crippen molar-refractivity contribution in [2.24, 2.45) is 0 Å². The Morgan fingerprint density at radius 2 is 1.92 bits per heavy atom. The summed E-state index contributed by atoms with van der Waals surface area (Å²) in [6.45, 7) is 6.12. The molecule has 188 valence electrons. The quantitative estimate of drug-likeness (QED) is 0.435. The van der Waals surface area contributed by atoms with Crippen LogP contribution in [0, 0.1) is 6.92 Å². The molecule has 0 aromatic heterocycles. The van der Waals surface area contributed by atoms with Gasteiger partial charge in [-0.3, -0.25) is 9.59 Å². The average molecular weight is 509 g/mol. The van der Waals surface area contributed by atoms with Gasteiger partial charge in [0.25, 0.3) is 5.91 Å². The van der Waals surface area contributed by atoms with E-state index in [0.717, 1.165) is 17.0 Å². The number of benzene rings is 3. The van der Waals surface area contributed by atoms with Crippen LogP contribution in [0.3, 0.4) is 0 Å². The lowest BCUT2D eigenvalue weighted by Crippen LogP contribution is -2.41. The van der Waals surface area contributed by atoms with Gasteiger partial charge in [-0.15, -0.1) is 0 Å². The second-order valence-electron chi connectivity index (χ2n) is 9.45. The van der Waals surface area contributed by atoms with E-state index in [9.17, 15) is 14.7 Å². The van der Waals surface area contributed by atoms with E-state index in [4.69, 9.17) is 21.1 Å². The van der Waals surface area contributed by atoms with Crippen LogP contribution in [-0.4, -0.2) is 43.3 Å². The molecule has 3 aromatic rings. The van der Waals surface area contributed by atoms with Crippen LogP contribution in [-0.2, 0) is 10.2 Å². The lowest BCUT2D eigenvalue weighted by molar-refractivity contribution is -0.142. The summed E-state index contributed by atoms with van der Waals surface area (Å²) in [5.41, 5.74) is 2.17. The Hall–Kier alpha value is -3.71. The Morgan fingerprint density at radius 1 is 1.17 bits per heavy atom. The van der Waals surface area contributed by atoms with E-state index >= 15 is 0 Å². The maximum atomic E-state index is 12.9. The number of nitrogens with zero attached hydrogens (tertiary/aromatic N) is 1. The topological polar surface area (TPSA) is 88.1 Å². The van der Waals surface area contributed by atoms with Crippen LogP contribution in [0.25, 0.3) is 0 Å². The van der Waals surface area contributed by atoms with Gasteiger partial charge in [-0.1, -0.05) is 29.8 Å². The number of amides is 1. The number of ether oxygens (including phenoxy) is 2. The van der Waals surface area contributed by atoms with Gasteiger partial charge in [0.05, 0.1) is 28.2 Å². The third kappa shape index (κ3) is 5.26. The number of carbonyl (C=O) groups is 2. The molecular weight excluding hydrogens is 480 g/mol. The van der Waals surface area contributed by atoms with Crippen LogP contribution >= 0.6 is 11.6 Å². The SMILES string of the molecule is Cc1ccc(NC(=O)c2ccc(OC[C@@H]3CN(C)c4ccccc4O3)cc2Cl)cc1C(C)(C)C(=O)O. The number of rotatable bonds is 7. The third-order valence-electron chi connectivity index (χ3n) is 6.37. The van der Waals surface area contributed by atoms with Gasteiger partial charge in [0.1, 0.15) is 24.2 Å². The number of fused-ring (bicyclic) bond motifs is 1. The largest absolute Gasteiger partial charge is 0.490 e. The highest BCUT2D eigenvalue weighted by atomic mass is 35.5. The number of hydrogen-bond acceptors (Lipinski definition) is 5. The van der Waals surface area contributed by atoms with Gasteiger partial charge in [-0.2, -0.15) is 0 Å². The minimum atomic E-state index is -1.10. The van der Waals surface area contributed by atoms with Gasteiger partial charge >= 0.3 is 5.97 Å². The molecule has 1 atom stereocenters. The molecule has 0 bridgehead atoms. The maximum Gasteiger partial charge on any atom is 0.313 e. The summed E-state index contributed by atoms with van der Waals surface area (Å²) < 4.78 is 11.9. The zero-order chi connectivity index (χ0) is 26.0. The smallest absolute Gasteiger partial charge is 0.313 e. The number of para-hydroxylation sites is 2. The summed E-state index contributed by atoms with van der Waals surface area (Å²) in [7, 11) is 2.01. The van der Waals surface area contributed by atoms with E-state index in [2.05, 4.69) is 10.2 Å². The van der Waals surface area contributed by atoms with Crippen molar-refractivity contribution in [2.75, 3.05) is 30.4 Å². The number of nitrogens with one attached hydrogen (secondary N) is 1. The van der Waals surface area contributed by atoms with Crippen molar-refractivity contribution in [3.63, 3.8) is 0 Å². The molecular formula is C28H29ClN2O5. The van der Waals surface area contributed by atoms with E-state index < -0.39 is 17.3 Å². The molecule has 0 spiro atoms. The molecule has 7 nitrogen and oxygen atoms in total. The van der Waals surface area contributed by atoms with Crippen molar-refractivity contribution in [2.45, 2.75) is 32.3 Å². The molecule has 0 unspecified atom stereocenters. The lowest BCUT2D eigenvalue weighted by atomic mass is 9.82. The Bertz CT molecular complexity index is 1310. The molecule has 4 rings (SSSR count). The Morgan fingerprint density at radius 3 is 2.64 bits per heavy atom. The maximum absolute atomic E-state index is 12.9. The van der Waals surface area contributed by atoms with Crippen LogP contribution in [0.1, 0.15) is 35.3 Å². The van der Waals surface area contributed by atoms with Crippen molar-refractivity contribution < 1.29 is 24.2 Å². The van der Waals surface area contributed by atoms with Gasteiger partial charge in [-0.25, -0.2) is 0 Å². The summed E-state index contributed by atoms with van der Waals surface area (Å²) in [6, 6.07) is 18.0. The Balaban J connectivity index is 1.42. The highest BCUT2D eigenvalue weighted by Crippen LogP contribution is 2.33. The summed E-state index contributed by atoms with van der Waals surface area (Å²) >= 11 is 6.41. The molecule has 0 fully saturated rings. The van der Waals surface area contributed by atoms with Crippen LogP contribution in [0.4, 0.5) is 11.4 Å². The van der Waals surface area contributed by atoms with Crippen LogP contribution in [0.15, 0.2) is 60.7 Å². The number of aryl methyl sites for hydroxylation is 1. The van der Waals surface area contributed by atoms with Crippen LogP contribution < -0.4 is 19.7 Å². The molecule has 36 heavy (non-hydrogen) atoms. The van der Waals surface area contributed by atoms with Crippen molar-refractivity contribution >= 4 is 34.9 Å². The molecule has 0 saturated heterocycles. The van der Waals surface area contributed by atoms with E-state index in [1.54, 1.807) is 50.2 Å². The van der Waals surface area contributed by atoms with E-state index in [-0.39, 0.29) is 16.7 Å². The molecule has 3 aromatic carbocycles. The molecule has 2 N–H and O–H groups in total. The summed E-state index contributed by atoms with van der Waals surface area (Å²) in [4.78, 5) is 26.7. The Kier molecular flexibility index (Phi) is 7.13. The monoisotopic (exact) mass is 508 g/mol. The normalized spacial score (nSPS) is 15.0. The van der Waals surface area contributed by atoms with E-state index in [1.807, 2.05) is 38.2 Å². The zero-order valence-corrected chi connectivity index (χ0v) is 21.4. The summed E-state index contributed by atoms with van der Waals surface area (Å²) in [5, 5.41) is 12.6. The second-order valence-corrected chi connectivity index (χ2v) is 9.86. The highest BCUT2D eigenvalue weighted by Gasteiger charge is 2.31. The lowest BCUT2D eigenvalue weighted by Gasteiger charge is -2.33. The molecule has 1 amide bonds. The van der Waals surface area contributed by atoms with Gasteiger partial charge in [-0.05, 0) is 74.4 Å². The van der Waals surface area contributed by atoms with Crippen LogP contribution in [0.2, 0.25) is 5.02 Å². The van der Waals surface area contributed by atoms with Gasteiger partial charge in [0.15, 0.2) is 0 Å². The number of aliphatic carboxylic acids is 1. The molecule has 8 heteroatoms. The predicted molar refractivity (Wildman–Crippen MR) is 141 cm³/mol. The summed E-state index contributed by atoms with van der Waals surface area (Å²) in [6.07, 6.45) is -0.155. The minimum absolute atomic E-state index is 0.155. The average Bonchev–Trinajstić information content (AvgIpc) is 2.83. The first-order valence-corrected chi connectivity index (χ1v) is 12.0. The number of hydrogen-bond donors (Lipinski definition) is 2. The van der Waals surface area contributed by atoms with Gasteiger partial charge in [0.2, 0.25) is 0 Å². The number of likely N-dealkylation sites (N-methyl/N-ethyl adjacent to an activating group) is 1. The zero-order valence-electron chi connectivity index (χ0n) is 20.7. The van der Waals surface area contributed by atoms with Crippen LogP contribution in [0.5, 0.6) is 11.5 Å². The van der Waals surface area contributed by atoms with Gasteiger partial charge in [0, 0.05) is 12.7 Å². The number of carbonyl (C=O) groups excluding carboxylic acids is 1. The molecule has 1 heterocycles. The number of carboxylic acids is 1.